The van der Waals surface area contributed by atoms with Gasteiger partial charge in [-0.15, -0.1) is 0 Å². The molecule has 3 heterocycles. The Hall–Kier alpha value is -4.74. The van der Waals surface area contributed by atoms with Gasteiger partial charge in [-0.3, -0.25) is 14.3 Å². The molecule has 2 N–H and O–H groups in total. The van der Waals surface area contributed by atoms with Crippen LogP contribution in [0.4, 0.5) is 18.9 Å². The fraction of sp³-hybridized carbons (Fsp3) is 0.250. The zero-order valence-corrected chi connectivity index (χ0v) is 22.0. The van der Waals surface area contributed by atoms with Crippen molar-refractivity contribution in [2.75, 3.05) is 11.9 Å². The molecule has 9 nitrogen and oxygen atoms in total. The highest BCUT2D eigenvalue weighted by Gasteiger charge is 2.36. The van der Waals surface area contributed by atoms with Gasteiger partial charge in [0.2, 0.25) is 0 Å². The molecule has 0 radical (unpaired) electrons. The first kappa shape index (κ1) is 26.9. The zero-order valence-electron chi connectivity index (χ0n) is 22.0. The molecule has 0 saturated heterocycles. The number of hydrogen-bond donors (Lipinski definition) is 2. The lowest BCUT2D eigenvalue weighted by Gasteiger charge is -2.11. The molecule has 2 aromatic carbocycles. The maximum absolute atomic E-state index is 14.1. The summed E-state index contributed by atoms with van der Waals surface area (Å²) >= 11 is 0. The number of alkyl halides is 3. The van der Waals surface area contributed by atoms with Gasteiger partial charge < -0.3 is 10.6 Å². The van der Waals surface area contributed by atoms with Crippen molar-refractivity contribution in [3.63, 3.8) is 0 Å². The Balaban J connectivity index is 1.51. The summed E-state index contributed by atoms with van der Waals surface area (Å²) in [5, 5.41) is 15.2. The Bertz CT molecular complexity index is 1740. The van der Waals surface area contributed by atoms with E-state index in [-0.39, 0.29) is 34.3 Å². The maximum atomic E-state index is 14.1. The van der Waals surface area contributed by atoms with E-state index < -0.39 is 23.7 Å². The zero-order chi connectivity index (χ0) is 28.6. The summed E-state index contributed by atoms with van der Waals surface area (Å²) in [7, 11) is 0. The molecule has 2 amide bonds. The second-order valence-electron chi connectivity index (χ2n) is 9.69. The van der Waals surface area contributed by atoms with Crippen molar-refractivity contribution >= 4 is 33.9 Å². The molecule has 0 aliphatic carbocycles. The Labute approximate surface area is 227 Å². The molecule has 0 atom stereocenters. The van der Waals surface area contributed by atoms with E-state index in [0.29, 0.717) is 23.2 Å². The van der Waals surface area contributed by atoms with Crippen LogP contribution in [0.5, 0.6) is 0 Å². The second-order valence-corrected chi connectivity index (χ2v) is 9.69. The van der Waals surface area contributed by atoms with Crippen LogP contribution in [0.15, 0.2) is 60.8 Å². The van der Waals surface area contributed by atoms with E-state index in [9.17, 15) is 22.8 Å². The molecule has 206 valence electrons. The number of benzene rings is 2. The van der Waals surface area contributed by atoms with Crippen molar-refractivity contribution in [2.24, 2.45) is 5.92 Å². The van der Waals surface area contributed by atoms with E-state index in [1.807, 2.05) is 51.1 Å². The van der Waals surface area contributed by atoms with Crippen molar-refractivity contribution in [3.8, 4) is 11.3 Å². The van der Waals surface area contributed by atoms with Crippen LogP contribution in [0.1, 0.15) is 47.4 Å². The molecule has 0 spiro atoms. The van der Waals surface area contributed by atoms with Crippen LogP contribution in [0, 0.1) is 5.92 Å². The third-order valence-corrected chi connectivity index (χ3v) is 6.22. The van der Waals surface area contributed by atoms with Gasteiger partial charge in [0.25, 0.3) is 11.8 Å². The van der Waals surface area contributed by atoms with Gasteiger partial charge in [0, 0.05) is 30.9 Å². The number of amides is 2. The molecule has 0 fully saturated rings. The average molecular weight is 550 g/mol. The van der Waals surface area contributed by atoms with E-state index in [1.54, 1.807) is 12.1 Å². The quantitative estimate of drug-likeness (QED) is 0.282. The number of rotatable bonds is 7. The fourth-order valence-corrected chi connectivity index (χ4v) is 4.19. The van der Waals surface area contributed by atoms with E-state index in [2.05, 4.69) is 25.8 Å². The van der Waals surface area contributed by atoms with Crippen LogP contribution < -0.4 is 10.6 Å². The van der Waals surface area contributed by atoms with Gasteiger partial charge in [0.05, 0.1) is 11.4 Å². The van der Waals surface area contributed by atoms with Crippen molar-refractivity contribution in [1.29, 1.82) is 0 Å². The fourth-order valence-electron chi connectivity index (χ4n) is 4.19. The molecule has 0 unspecified atom stereocenters. The maximum Gasteiger partial charge on any atom is 0.433 e. The lowest BCUT2D eigenvalue weighted by molar-refractivity contribution is -0.142. The summed E-state index contributed by atoms with van der Waals surface area (Å²) in [6.45, 7) is 6.53. The molecular formula is C28H26F3N7O2. The van der Waals surface area contributed by atoms with Crippen LogP contribution in [-0.2, 0) is 12.7 Å². The van der Waals surface area contributed by atoms with E-state index in [4.69, 9.17) is 0 Å². The molecule has 5 rings (SSSR count). The summed E-state index contributed by atoms with van der Waals surface area (Å²) in [4.78, 5) is 30.2. The molecule has 5 aromatic rings. The first-order valence-corrected chi connectivity index (χ1v) is 12.7. The lowest BCUT2D eigenvalue weighted by atomic mass is 10.0. The van der Waals surface area contributed by atoms with Crippen molar-refractivity contribution < 1.29 is 22.8 Å². The van der Waals surface area contributed by atoms with Crippen LogP contribution in [0.3, 0.4) is 0 Å². The number of aryl methyl sites for hydroxylation is 1. The SMILES string of the molecule is CCn1cc(NC(=O)c2cc3nc(-c4ccc5ccccc5c4)cc(C(F)(F)F)n3n2)c(C(=O)NCC(C)C)n1. The molecule has 12 heteroatoms. The Morgan fingerprint density at radius 1 is 0.975 bits per heavy atom. The molecular weight excluding hydrogens is 523 g/mol. The third kappa shape index (κ3) is 5.37. The van der Waals surface area contributed by atoms with Crippen molar-refractivity contribution in [2.45, 2.75) is 33.5 Å². The smallest absolute Gasteiger partial charge is 0.350 e. The number of nitrogens with zero attached hydrogens (tertiary/aromatic N) is 5. The Morgan fingerprint density at radius 3 is 2.42 bits per heavy atom. The highest BCUT2D eigenvalue weighted by Crippen LogP contribution is 2.33. The Morgan fingerprint density at radius 2 is 1.73 bits per heavy atom. The number of halogens is 3. The summed E-state index contributed by atoms with van der Waals surface area (Å²) in [5.41, 5.74) is -0.840. The summed E-state index contributed by atoms with van der Waals surface area (Å²) in [6.07, 6.45) is -3.29. The first-order valence-electron chi connectivity index (χ1n) is 12.7. The molecule has 0 aliphatic heterocycles. The van der Waals surface area contributed by atoms with Crippen LogP contribution in [0.25, 0.3) is 27.7 Å². The molecule has 0 aliphatic rings. The monoisotopic (exact) mass is 549 g/mol. The minimum Gasteiger partial charge on any atom is -0.350 e. The minimum absolute atomic E-state index is 0.00712. The normalized spacial score (nSPS) is 11.9. The number of aromatic nitrogens is 5. The van der Waals surface area contributed by atoms with Gasteiger partial charge in [0.1, 0.15) is 0 Å². The van der Waals surface area contributed by atoms with Crippen LogP contribution >= 0.6 is 0 Å². The van der Waals surface area contributed by atoms with Gasteiger partial charge in [0.15, 0.2) is 22.7 Å². The standard InChI is InChI=1S/C28H26F3N7O2/c1-4-37-15-22(25(36-37)27(40)32-14-16(2)3)34-26(39)21-13-24-33-20(12-23(28(29,30)31)38(24)35-21)19-10-9-17-7-5-6-8-18(17)11-19/h5-13,15-16H,4,14H2,1-3H3,(H,32,40)(H,34,39). The molecule has 3 aromatic heterocycles. The second kappa shape index (κ2) is 10.4. The van der Waals surface area contributed by atoms with Gasteiger partial charge in [-0.2, -0.15) is 23.4 Å². The number of fused-ring (bicyclic) bond motifs is 2. The largest absolute Gasteiger partial charge is 0.433 e. The number of carbonyl (C=O) groups is 2. The Kier molecular flexibility index (Phi) is 7.01. The molecule has 40 heavy (non-hydrogen) atoms. The van der Waals surface area contributed by atoms with E-state index >= 15 is 0 Å². The van der Waals surface area contributed by atoms with E-state index in [1.165, 1.54) is 16.9 Å². The number of anilines is 1. The van der Waals surface area contributed by atoms with Crippen molar-refractivity contribution in [3.05, 3.63) is 77.9 Å². The van der Waals surface area contributed by atoms with Crippen LogP contribution in [-0.4, -0.2) is 42.7 Å². The predicted molar refractivity (Wildman–Crippen MR) is 144 cm³/mol. The van der Waals surface area contributed by atoms with Gasteiger partial charge in [-0.25, -0.2) is 9.50 Å². The number of hydrogen-bond acceptors (Lipinski definition) is 5. The third-order valence-electron chi connectivity index (χ3n) is 6.22. The summed E-state index contributed by atoms with van der Waals surface area (Å²) < 4.78 is 44.4. The molecule has 0 bridgehead atoms. The number of carbonyl (C=O) groups excluding carboxylic acids is 2. The minimum atomic E-state index is -4.77. The number of nitrogens with one attached hydrogen (secondary N) is 2. The van der Waals surface area contributed by atoms with Gasteiger partial charge in [-0.1, -0.05) is 50.2 Å². The topological polar surface area (TPSA) is 106 Å². The first-order chi connectivity index (χ1) is 19.0. The average Bonchev–Trinajstić information content (AvgIpc) is 3.54. The van der Waals surface area contributed by atoms with Crippen LogP contribution in [0.2, 0.25) is 0 Å². The highest BCUT2D eigenvalue weighted by molar-refractivity contribution is 6.07. The highest BCUT2D eigenvalue weighted by atomic mass is 19.4. The summed E-state index contributed by atoms with van der Waals surface area (Å²) in [6, 6.07) is 14.8. The molecule has 0 saturated carbocycles. The summed E-state index contributed by atoms with van der Waals surface area (Å²) in [5.74, 6) is -1.09. The van der Waals surface area contributed by atoms with Gasteiger partial charge >= 0.3 is 6.18 Å². The van der Waals surface area contributed by atoms with E-state index in [0.717, 1.165) is 16.8 Å². The lowest BCUT2D eigenvalue weighted by Crippen LogP contribution is -2.28. The van der Waals surface area contributed by atoms with Crippen molar-refractivity contribution in [1.82, 2.24) is 29.7 Å². The van der Waals surface area contributed by atoms with Gasteiger partial charge in [-0.05, 0) is 35.7 Å². The predicted octanol–water partition coefficient (Wildman–Crippen LogP) is 5.42.